The van der Waals surface area contributed by atoms with Crippen molar-refractivity contribution in [2.24, 2.45) is 0 Å². The molecular formula is C11H22OSi. The number of hydrogen-bond donors (Lipinski definition) is 0. The van der Waals surface area contributed by atoms with E-state index in [1.165, 1.54) is 25.7 Å². The summed E-state index contributed by atoms with van der Waals surface area (Å²) in [6, 6.07) is 0. The van der Waals surface area contributed by atoms with Gasteiger partial charge in [0.05, 0.1) is 8.07 Å². The smallest absolute Gasteiger partial charge is 0.119 e. The van der Waals surface area contributed by atoms with Gasteiger partial charge in [-0.3, -0.25) is 0 Å². The molecule has 0 unspecified atom stereocenters. The Hall–Kier alpha value is -0.333. The lowest BCUT2D eigenvalue weighted by Crippen LogP contribution is -2.24. The summed E-state index contributed by atoms with van der Waals surface area (Å²) in [7, 11) is -1.35. The Balaban J connectivity index is 3.83. The molecule has 0 aliphatic carbocycles. The van der Waals surface area contributed by atoms with Crippen molar-refractivity contribution in [3.8, 4) is 0 Å². The third-order valence-electron chi connectivity index (χ3n) is 2.31. The Bertz CT molecular complexity index is 185. The molecule has 1 nitrogen and oxygen atoms in total. The van der Waals surface area contributed by atoms with Crippen LogP contribution in [0.3, 0.4) is 0 Å². The molecule has 0 aromatic heterocycles. The highest BCUT2D eigenvalue weighted by Gasteiger charge is 2.19. The van der Waals surface area contributed by atoms with E-state index in [9.17, 15) is 4.79 Å². The first-order valence-corrected chi connectivity index (χ1v) is 8.76. The SMILES string of the molecule is CCCCCCC(=C=O)[Si](C)(C)C. The Labute approximate surface area is 83.2 Å². The molecule has 0 N–H and O–H groups in total. The van der Waals surface area contributed by atoms with Crippen LogP contribution in [0, 0.1) is 0 Å². The Kier molecular flexibility index (Phi) is 6.01. The normalized spacial score (nSPS) is 11.1. The molecule has 0 aromatic rings. The van der Waals surface area contributed by atoms with Crippen LogP contribution in [0.5, 0.6) is 0 Å². The van der Waals surface area contributed by atoms with E-state index in [1.807, 2.05) is 0 Å². The van der Waals surface area contributed by atoms with Gasteiger partial charge in [-0.15, -0.1) is 0 Å². The molecule has 0 radical (unpaired) electrons. The Morgan fingerprint density at radius 1 is 1.15 bits per heavy atom. The van der Waals surface area contributed by atoms with Gasteiger partial charge in [0.25, 0.3) is 0 Å². The number of carbonyl (C=O) groups excluding carboxylic acids is 1. The van der Waals surface area contributed by atoms with Gasteiger partial charge in [-0.1, -0.05) is 45.8 Å². The maximum atomic E-state index is 10.7. The van der Waals surface area contributed by atoms with Crippen molar-refractivity contribution >= 4 is 14.0 Å². The standard InChI is InChI=1S/C11H22OSi/c1-5-6-7-8-9-11(10-12)13(2,3)4/h5-9H2,1-4H3. The van der Waals surface area contributed by atoms with Crippen molar-refractivity contribution in [1.29, 1.82) is 0 Å². The summed E-state index contributed by atoms with van der Waals surface area (Å²) >= 11 is 0. The maximum absolute atomic E-state index is 10.7. The van der Waals surface area contributed by atoms with E-state index in [-0.39, 0.29) is 0 Å². The van der Waals surface area contributed by atoms with Crippen LogP contribution in [-0.4, -0.2) is 14.0 Å². The minimum Gasteiger partial charge on any atom is -0.234 e. The zero-order valence-electron chi connectivity index (χ0n) is 9.44. The van der Waals surface area contributed by atoms with Crippen LogP contribution < -0.4 is 0 Å². The second-order valence-corrected chi connectivity index (χ2v) is 9.74. The summed E-state index contributed by atoms with van der Waals surface area (Å²) in [4.78, 5) is 10.7. The lowest BCUT2D eigenvalue weighted by Gasteiger charge is -2.16. The fourth-order valence-electron chi connectivity index (χ4n) is 1.31. The number of rotatable bonds is 6. The van der Waals surface area contributed by atoms with Gasteiger partial charge in [-0.2, -0.15) is 0 Å². The van der Waals surface area contributed by atoms with E-state index in [4.69, 9.17) is 0 Å². The van der Waals surface area contributed by atoms with Crippen LogP contribution >= 0.6 is 0 Å². The van der Waals surface area contributed by atoms with Crippen molar-refractivity contribution < 1.29 is 4.79 Å². The Morgan fingerprint density at radius 3 is 2.15 bits per heavy atom. The molecule has 0 amide bonds. The van der Waals surface area contributed by atoms with E-state index in [2.05, 4.69) is 32.5 Å². The van der Waals surface area contributed by atoms with Crippen LogP contribution in [0.25, 0.3) is 0 Å². The highest BCUT2D eigenvalue weighted by Crippen LogP contribution is 2.18. The zero-order valence-corrected chi connectivity index (χ0v) is 10.4. The molecule has 2 heteroatoms. The van der Waals surface area contributed by atoms with Crippen LogP contribution in [0.15, 0.2) is 5.20 Å². The third-order valence-corrected chi connectivity index (χ3v) is 4.47. The number of allylic oxidation sites excluding steroid dienone is 1. The average Bonchev–Trinajstić information content (AvgIpc) is 2.02. The van der Waals surface area contributed by atoms with Crippen molar-refractivity contribution in [3.05, 3.63) is 5.20 Å². The molecule has 0 bridgehead atoms. The molecule has 76 valence electrons. The van der Waals surface area contributed by atoms with E-state index in [0.717, 1.165) is 11.6 Å². The number of unbranched alkanes of at least 4 members (excludes halogenated alkanes) is 3. The van der Waals surface area contributed by atoms with E-state index < -0.39 is 8.07 Å². The van der Waals surface area contributed by atoms with Crippen LogP contribution in [0.4, 0.5) is 0 Å². The summed E-state index contributed by atoms with van der Waals surface area (Å²) in [5, 5.41) is 1.07. The van der Waals surface area contributed by atoms with Crippen molar-refractivity contribution in [3.63, 3.8) is 0 Å². The molecule has 13 heavy (non-hydrogen) atoms. The fraction of sp³-hybridized carbons (Fsp3) is 0.818. The molecule has 0 spiro atoms. The first kappa shape index (κ1) is 12.7. The summed E-state index contributed by atoms with van der Waals surface area (Å²) in [5.41, 5.74) is 0. The van der Waals surface area contributed by atoms with Crippen molar-refractivity contribution in [2.45, 2.75) is 58.7 Å². The van der Waals surface area contributed by atoms with Crippen LogP contribution in [0.1, 0.15) is 39.0 Å². The lowest BCUT2D eigenvalue weighted by molar-refractivity contribution is 0.566. The lowest BCUT2D eigenvalue weighted by atomic mass is 10.1. The molecule has 0 fully saturated rings. The zero-order chi connectivity index (χ0) is 10.3. The molecule has 0 saturated heterocycles. The summed E-state index contributed by atoms with van der Waals surface area (Å²) in [5.74, 6) is 2.15. The molecule has 0 aliphatic rings. The topological polar surface area (TPSA) is 17.1 Å². The van der Waals surface area contributed by atoms with Gasteiger partial charge in [0.1, 0.15) is 5.94 Å². The van der Waals surface area contributed by atoms with Crippen LogP contribution in [0.2, 0.25) is 19.6 Å². The van der Waals surface area contributed by atoms with Crippen LogP contribution in [-0.2, 0) is 4.79 Å². The van der Waals surface area contributed by atoms with Gasteiger partial charge in [0.2, 0.25) is 0 Å². The minimum absolute atomic E-state index is 0.985. The summed E-state index contributed by atoms with van der Waals surface area (Å²) in [6.45, 7) is 8.85. The van der Waals surface area contributed by atoms with Crippen molar-refractivity contribution in [1.82, 2.24) is 0 Å². The van der Waals surface area contributed by atoms with Gasteiger partial charge < -0.3 is 0 Å². The quantitative estimate of drug-likeness (QED) is 0.362. The summed E-state index contributed by atoms with van der Waals surface area (Å²) < 4.78 is 0. The first-order chi connectivity index (χ1) is 6.02. The maximum Gasteiger partial charge on any atom is 0.119 e. The highest BCUT2D eigenvalue weighted by atomic mass is 28.3. The molecule has 0 rings (SSSR count). The molecule has 0 heterocycles. The third kappa shape index (κ3) is 5.84. The average molecular weight is 198 g/mol. The van der Waals surface area contributed by atoms with Gasteiger partial charge in [-0.25, -0.2) is 4.79 Å². The Morgan fingerprint density at radius 2 is 1.77 bits per heavy atom. The van der Waals surface area contributed by atoms with E-state index in [0.29, 0.717) is 0 Å². The molecule has 0 saturated carbocycles. The fourth-order valence-corrected chi connectivity index (χ4v) is 2.54. The second-order valence-electron chi connectivity index (χ2n) is 4.64. The highest BCUT2D eigenvalue weighted by molar-refractivity contribution is 6.84. The predicted molar refractivity (Wildman–Crippen MR) is 61.3 cm³/mol. The molecular weight excluding hydrogens is 176 g/mol. The van der Waals surface area contributed by atoms with Gasteiger partial charge in [0.15, 0.2) is 0 Å². The van der Waals surface area contributed by atoms with Gasteiger partial charge in [-0.05, 0) is 18.0 Å². The van der Waals surface area contributed by atoms with Gasteiger partial charge >= 0.3 is 0 Å². The molecule has 0 aliphatic heterocycles. The minimum atomic E-state index is -1.35. The first-order valence-electron chi connectivity index (χ1n) is 5.26. The van der Waals surface area contributed by atoms with E-state index >= 15 is 0 Å². The predicted octanol–water partition coefficient (Wildman–Crippen LogP) is 3.59. The van der Waals surface area contributed by atoms with Gasteiger partial charge in [0, 0.05) is 0 Å². The molecule has 0 aromatic carbocycles. The summed E-state index contributed by atoms with van der Waals surface area (Å²) in [6.07, 6.45) is 5.96. The van der Waals surface area contributed by atoms with Crippen molar-refractivity contribution in [2.75, 3.05) is 0 Å². The second kappa shape index (κ2) is 6.17. The van der Waals surface area contributed by atoms with E-state index in [1.54, 1.807) is 0 Å². The number of hydrogen-bond acceptors (Lipinski definition) is 1. The largest absolute Gasteiger partial charge is 0.234 e. The molecule has 0 atom stereocenters. The monoisotopic (exact) mass is 198 g/mol.